The van der Waals surface area contributed by atoms with Crippen molar-refractivity contribution < 1.29 is 18.0 Å². The van der Waals surface area contributed by atoms with Crippen LogP contribution in [0, 0.1) is 6.92 Å². The fraction of sp³-hybridized carbons (Fsp3) is 0.296. The number of carbonyl (C=O) groups is 1. The van der Waals surface area contributed by atoms with Gasteiger partial charge in [0.1, 0.15) is 5.41 Å². The van der Waals surface area contributed by atoms with Crippen LogP contribution in [0.5, 0.6) is 0 Å². The summed E-state index contributed by atoms with van der Waals surface area (Å²) in [4.78, 5) is 14.4. The molecular weight excluding hydrogens is 425 g/mol. The number of halogens is 3. The smallest absolute Gasteiger partial charge is 0.325 e. The molecule has 1 aliphatic rings. The molecule has 1 saturated heterocycles. The molecule has 1 heterocycles. The lowest BCUT2D eigenvalue weighted by atomic mass is 9.68. The van der Waals surface area contributed by atoms with Crippen molar-refractivity contribution in [3.63, 3.8) is 0 Å². The highest BCUT2D eigenvalue weighted by molar-refractivity contribution is 5.92. The summed E-state index contributed by atoms with van der Waals surface area (Å²) in [7, 11) is 0. The molecule has 4 rings (SSSR count). The molecule has 1 amide bonds. The van der Waals surface area contributed by atoms with Crippen LogP contribution in [-0.2, 0) is 10.2 Å². The minimum Gasteiger partial charge on any atom is -0.325 e. The molecule has 1 fully saturated rings. The Labute approximate surface area is 192 Å². The molecule has 1 unspecified atom stereocenters. The van der Waals surface area contributed by atoms with Crippen LogP contribution in [0.25, 0.3) is 0 Å². The van der Waals surface area contributed by atoms with Crippen LogP contribution < -0.4 is 5.32 Å². The summed E-state index contributed by atoms with van der Waals surface area (Å²) in [6.07, 6.45) is -2.43. The van der Waals surface area contributed by atoms with Crippen LogP contribution in [0.4, 0.5) is 18.9 Å². The van der Waals surface area contributed by atoms with E-state index in [4.69, 9.17) is 0 Å². The Morgan fingerprint density at radius 1 is 0.818 bits per heavy atom. The lowest BCUT2D eigenvalue weighted by Gasteiger charge is -2.37. The normalized spacial score (nSPS) is 16.4. The molecule has 33 heavy (non-hydrogen) atoms. The quantitative estimate of drug-likeness (QED) is 0.471. The van der Waals surface area contributed by atoms with Crippen LogP contribution >= 0.6 is 0 Å². The Morgan fingerprint density at radius 2 is 1.33 bits per heavy atom. The summed E-state index contributed by atoms with van der Waals surface area (Å²) in [6, 6.07) is 20.5. The van der Waals surface area contributed by atoms with E-state index < -0.39 is 11.6 Å². The molecule has 3 aromatic rings. The number of alkyl halides is 3. The molecule has 0 saturated carbocycles. The molecule has 1 aliphatic heterocycles. The number of hydrogen-bond acceptors (Lipinski definition) is 2. The number of benzene rings is 3. The van der Waals surface area contributed by atoms with Crippen molar-refractivity contribution in [1.29, 1.82) is 0 Å². The standard InChI is InChI=1S/C27H27F3N2O/c1-20-9-11-22(12-10-20)26(27(28,29)30,21-7-3-2-4-8-21)23-13-15-24(16-14-23)31-25(33)19-32-17-5-6-18-32/h2-4,7-16H,5-6,17-19H2,1H3,(H,31,33). The third-order valence-electron chi connectivity index (χ3n) is 6.28. The summed E-state index contributed by atoms with van der Waals surface area (Å²) in [5, 5.41) is 2.81. The first-order valence-corrected chi connectivity index (χ1v) is 11.1. The third-order valence-corrected chi connectivity index (χ3v) is 6.28. The molecule has 172 valence electrons. The van der Waals surface area contributed by atoms with Crippen LogP contribution in [0.1, 0.15) is 35.1 Å². The molecule has 0 spiro atoms. The van der Waals surface area contributed by atoms with Gasteiger partial charge in [-0.1, -0.05) is 72.3 Å². The lowest BCUT2D eigenvalue weighted by Crippen LogP contribution is -2.44. The molecule has 1 N–H and O–H groups in total. The number of anilines is 1. The maximum atomic E-state index is 15.0. The van der Waals surface area contributed by atoms with Crippen LogP contribution in [0.3, 0.4) is 0 Å². The first-order valence-electron chi connectivity index (χ1n) is 11.1. The minimum absolute atomic E-state index is 0.0996. The second-order valence-corrected chi connectivity index (χ2v) is 8.59. The first-order chi connectivity index (χ1) is 15.8. The van der Waals surface area contributed by atoms with E-state index in [1.165, 1.54) is 24.3 Å². The van der Waals surface area contributed by atoms with E-state index in [2.05, 4.69) is 10.2 Å². The highest BCUT2D eigenvalue weighted by Crippen LogP contribution is 2.51. The Balaban J connectivity index is 1.73. The molecule has 3 aromatic carbocycles. The number of rotatable bonds is 6. The van der Waals surface area contributed by atoms with Crippen LogP contribution in [0.2, 0.25) is 0 Å². The number of amides is 1. The number of likely N-dealkylation sites (tertiary alicyclic amines) is 1. The van der Waals surface area contributed by atoms with Gasteiger partial charge >= 0.3 is 6.18 Å². The summed E-state index contributed by atoms with van der Waals surface area (Å²) in [6.45, 7) is 3.94. The minimum atomic E-state index is -4.59. The topological polar surface area (TPSA) is 32.3 Å². The van der Waals surface area contributed by atoms with E-state index in [-0.39, 0.29) is 22.6 Å². The maximum Gasteiger partial charge on any atom is 0.406 e. The van der Waals surface area contributed by atoms with Gasteiger partial charge in [0.25, 0.3) is 0 Å². The summed E-state index contributed by atoms with van der Waals surface area (Å²) in [5.41, 5.74) is -0.567. The number of nitrogens with one attached hydrogen (secondary N) is 1. The predicted octanol–water partition coefficient (Wildman–Crippen LogP) is 5.93. The van der Waals surface area contributed by atoms with Crippen molar-refractivity contribution in [2.45, 2.75) is 31.4 Å². The Bertz CT molecular complexity index is 1070. The van der Waals surface area contributed by atoms with Crippen molar-refractivity contribution in [2.24, 2.45) is 0 Å². The maximum absolute atomic E-state index is 15.0. The van der Waals surface area contributed by atoms with Crippen molar-refractivity contribution in [3.8, 4) is 0 Å². The number of nitrogens with zero attached hydrogens (tertiary/aromatic N) is 1. The Kier molecular flexibility index (Phi) is 6.56. The van der Waals surface area contributed by atoms with Crippen LogP contribution in [-0.4, -0.2) is 36.6 Å². The highest BCUT2D eigenvalue weighted by atomic mass is 19.4. The van der Waals surface area contributed by atoms with Gasteiger partial charge in [-0.2, -0.15) is 13.2 Å². The second-order valence-electron chi connectivity index (χ2n) is 8.59. The van der Waals surface area contributed by atoms with Gasteiger partial charge in [0, 0.05) is 5.69 Å². The summed E-state index contributed by atoms with van der Waals surface area (Å²) < 4.78 is 45.0. The van der Waals surface area contributed by atoms with Crippen molar-refractivity contribution in [3.05, 3.63) is 101 Å². The van der Waals surface area contributed by atoms with Gasteiger partial charge < -0.3 is 5.32 Å². The van der Waals surface area contributed by atoms with Crippen LogP contribution in [0.15, 0.2) is 78.9 Å². The summed E-state index contributed by atoms with van der Waals surface area (Å²) in [5.74, 6) is -0.159. The fourth-order valence-electron chi connectivity index (χ4n) is 4.63. The SMILES string of the molecule is Cc1ccc(C(c2ccccc2)(c2ccc(NC(=O)CN3CCCC3)cc2)C(F)(F)F)cc1. The van der Waals surface area contributed by atoms with E-state index in [1.807, 2.05) is 6.92 Å². The van der Waals surface area contributed by atoms with E-state index >= 15 is 0 Å². The molecular formula is C27H27F3N2O. The van der Waals surface area contributed by atoms with E-state index in [0.29, 0.717) is 12.2 Å². The number of carbonyl (C=O) groups excluding carboxylic acids is 1. The molecule has 0 aromatic heterocycles. The number of hydrogen-bond donors (Lipinski definition) is 1. The largest absolute Gasteiger partial charge is 0.406 e. The monoisotopic (exact) mass is 452 g/mol. The summed E-state index contributed by atoms with van der Waals surface area (Å²) >= 11 is 0. The predicted molar refractivity (Wildman–Crippen MR) is 124 cm³/mol. The van der Waals surface area contributed by atoms with Gasteiger partial charge in [-0.25, -0.2) is 0 Å². The average molecular weight is 453 g/mol. The first kappa shape index (κ1) is 23.1. The van der Waals surface area contributed by atoms with Gasteiger partial charge in [-0.05, 0) is 61.7 Å². The molecule has 3 nitrogen and oxygen atoms in total. The Hall–Kier alpha value is -3.12. The van der Waals surface area contributed by atoms with Crippen molar-refractivity contribution in [2.75, 3.05) is 25.0 Å². The lowest BCUT2D eigenvalue weighted by molar-refractivity contribution is -0.166. The van der Waals surface area contributed by atoms with Gasteiger partial charge in [0.05, 0.1) is 6.54 Å². The van der Waals surface area contributed by atoms with Gasteiger partial charge in [0.15, 0.2) is 0 Å². The molecule has 6 heteroatoms. The zero-order valence-corrected chi connectivity index (χ0v) is 18.5. The van der Waals surface area contributed by atoms with Gasteiger partial charge in [-0.3, -0.25) is 9.69 Å². The van der Waals surface area contributed by atoms with Crippen molar-refractivity contribution >= 4 is 11.6 Å². The molecule has 1 atom stereocenters. The van der Waals surface area contributed by atoms with E-state index in [0.717, 1.165) is 31.5 Å². The van der Waals surface area contributed by atoms with Gasteiger partial charge in [-0.15, -0.1) is 0 Å². The second kappa shape index (κ2) is 9.40. The molecule has 0 bridgehead atoms. The Morgan fingerprint density at radius 3 is 1.88 bits per heavy atom. The van der Waals surface area contributed by atoms with Crippen molar-refractivity contribution in [1.82, 2.24) is 4.90 Å². The van der Waals surface area contributed by atoms with E-state index in [1.54, 1.807) is 54.6 Å². The molecule has 0 aliphatic carbocycles. The zero-order valence-electron chi connectivity index (χ0n) is 18.5. The zero-order chi connectivity index (χ0) is 23.5. The average Bonchev–Trinajstić information content (AvgIpc) is 3.29. The molecule has 0 radical (unpaired) electrons. The van der Waals surface area contributed by atoms with E-state index in [9.17, 15) is 18.0 Å². The number of aryl methyl sites for hydroxylation is 1. The van der Waals surface area contributed by atoms with Gasteiger partial charge in [0.2, 0.25) is 5.91 Å². The fourth-order valence-corrected chi connectivity index (χ4v) is 4.63. The highest BCUT2D eigenvalue weighted by Gasteiger charge is 2.58. The third kappa shape index (κ3) is 4.67.